The second-order valence-corrected chi connectivity index (χ2v) is 10.0. The first kappa shape index (κ1) is 23.5. The van der Waals surface area contributed by atoms with Crippen molar-refractivity contribution in [2.45, 2.75) is 0 Å². The van der Waals surface area contributed by atoms with Crippen molar-refractivity contribution < 1.29 is 9.15 Å². The number of rotatable bonds is 5. The van der Waals surface area contributed by atoms with E-state index in [0.29, 0.717) is 42.8 Å². The van der Waals surface area contributed by atoms with Crippen molar-refractivity contribution in [1.29, 1.82) is 0 Å². The highest BCUT2D eigenvalue weighted by Crippen LogP contribution is 2.34. The summed E-state index contributed by atoms with van der Waals surface area (Å²) in [6.45, 7) is 0.139. The van der Waals surface area contributed by atoms with Gasteiger partial charge in [-0.1, -0.05) is 34.0 Å². The van der Waals surface area contributed by atoms with Gasteiger partial charge in [0.2, 0.25) is 5.82 Å². The number of furan rings is 1. The number of hydrogen-bond donors (Lipinski definition) is 0. The predicted molar refractivity (Wildman–Crippen MR) is 148 cm³/mol. The molecule has 9 heteroatoms. The summed E-state index contributed by atoms with van der Waals surface area (Å²) in [5, 5.41) is 5.83. The van der Waals surface area contributed by atoms with Crippen LogP contribution in [0.3, 0.4) is 0 Å². The average Bonchev–Trinajstić information content (AvgIpc) is 3.26. The summed E-state index contributed by atoms with van der Waals surface area (Å²) >= 11 is 10.5. The molecule has 0 aliphatic rings. The molecular weight excluding hydrogens is 642 g/mol. The van der Waals surface area contributed by atoms with Gasteiger partial charge in [0.1, 0.15) is 17.9 Å². The number of nitrogens with zero attached hydrogens (tertiary/aromatic N) is 3. The van der Waals surface area contributed by atoms with Crippen molar-refractivity contribution >= 4 is 75.9 Å². The molecule has 2 aromatic heterocycles. The number of hydrogen-bond acceptors (Lipinski definition) is 5. The summed E-state index contributed by atoms with van der Waals surface area (Å²) in [6.07, 6.45) is 6.86. The van der Waals surface area contributed by atoms with Crippen LogP contribution < -0.4 is 10.3 Å². The summed E-state index contributed by atoms with van der Waals surface area (Å²) in [5.74, 6) is 3.75. The normalized spacial score (nSPS) is 11.4. The van der Waals surface area contributed by atoms with E-state index in [1.807, 2.05) is 42.5 Å². The lowest BCUT2D eigenvalue weighted by Crippen LogP contribution is -2.20. The molecule has 0 unspecified atom stereocenters. The molecule has 0 atom stereocenters. The molecule has 0 saturated heterocycles. The molecule has 0 aliphatic carbocycles. The fraction of sp³-hybridized carbons (Fsp3) is 0.0385. The monoisotopic (exact) mass is 653 g/mol. The standard InChI is InChI=1S/C26H14Br3N3O3/c1-2-9-34-24-19(28)10-15(11-20(24)29)14-30-32-25(31-21-6-4-3-5-18(21)26(32)33)23-13-16-12-17(27)7-8-22(16)35-23/h1,3-8,10-14H,9H2. The van der Waals surface area contributed by atoms with Crippen LogP contribution in [0.1, 0.15) is 5.56 Å². The van der Waals surface area contributed by atoms with Crippen LogP contribution in [0.25, 0.3) is 33.5 Å². The van der Waals surface area contributed by atoms with Gasteiger partial charge in [-0.05, 0) is 86.0 Å². The Bertz CT molecular complexity index is 1710. The van der Waals surface area contributed by atoms with Gasteiger partial charge < -0.3 is 9.15 Å². The van der Waals surface area contributed by atoms with Crippen LogP contribution in [-0.2, 0) is 0 Å². The first-order chi connectivity index (χ1) is 16.9. The molecule has 0 amide bonds. The Morgan fingerprint density at radius 1 is 1.09 bits per heavy atom. The second kappa shape index (κ2) is 9.82. The summed E-state index contributed by atoms with van der Waals surface area (Å²) in [7, 11) is 0. The Morgan fingerprint density at radius 2 is 1.86 bits per heavy atom. The molecule has 0 radical (unpaired) electrons. The van der Waals surface area contributed by atoms with E-state index in [0.717, 1.165) is 15.4 Å². The SMILES string of the molecule is C#CCOc1c(Br)cc(C=Nn2c(-c3cc4cc(Br)ccc4o3)nc3ccccc3c2=O)cc1Br. The van der Waals surface area contributed by atoms with Crippen LogP contribution in [0.5, 0.6) is 5.75 Å². The average molecular weight is 656 g/mol. The Kier molecular flexibility index (Phi) is 6.60. The van der Waals surface area contributed by atoms with Crippen molar-refractivity contribution in [3.8, 4) is 29.7 Å². The number of fused-ring (bicyclic) bond motifs is 2. The first-order valence-corrected chi connectivity index (χ1v) is 12.6. The lowest BCUT2D eigenvalue weighted by molar-refractivity contribution is 0.365. The van der Waals surface area contributed by atoms with E-state index >= 15 is 0 Å². The number of aromatic nitrogens is 2. The third kappa shape index (κ3) is 4.69. The van der Waals surface area contributed by atoms with Gasteiger partial charge >= 0.3 is 0 Å². The van der Waals surface area contributed by atoms with Gasteiger partial charge in [-0.2, -0.15) is 9.78 Å². The van der Waals surface area contributed by atoms with E-state index in [4.69, 9.17) is 20.6 Å². The number of halogens is 3. The lowest BCUT2D eigenvalue weighted by atomic mass is 10.2. The molecule has 3 aromatic carbocycles. The molecule has 0 spiro atoms. The molecule has 0 fully saturated rings. The van der Waals surface area contributed by atoms with Gasteiger partial charge in [0.05, 0.1) is 26.1 Å². The Morgan fingerprint density at radius 3 is 2.63 bits per heavy atom. The van der Waals surface area contributed by atoms with Gasteiger partial charge in [0, 0.05) is 9.86 Å². The number of benzene rings is 3. The summed E-state index contributed by atoms with van der Waals surface area (Å²) in [6, 6.07) is 18.3. The second-order valence-electron chi connectivity index (χ2n) is 7.41. The molecule has 5 rings (SSSR count). The maximum Gasteiger partial charge on any atom is 0.282 e. The predicted octanol–water partition coefficient (Wildman–Crippen LogP) is 6.99. The fourth-order valence-electron chi connectivity index (χ4n) is 3.54. The maximum absolute atomic E-state index is 13.4. The summed E-state index contributed by atoms with van der Waals surface area (Å²) in [5.41, 5.74) is 1.64. The quantitative estimate of drug-likeness (QED) is 0.151. The summed E-state index contributed by atoms with van der Waals surface area (Å²) < 4.78 is 15.1. The molecule has 0 N–H and O–H groups in total. The van der Waals surface area contributed by atoms with Crippen molar-refractivity contribution in [1.82, 2.24) is 9.66 Å². The van der Waals surface area contributed by atoms with Crippen LogP contribution in [0.2, 0.25) is 0 Å². The molecule has 35 heavy (non-hydrogen) atoms. The Balaban J connectivity index is 1.65. The molecular formula is C26H14Br3N3O3. The van der Waals surface area contributed by atoms with Crippen LogP contribution in [0.4, 0.5) is 0 Å². The molecule has 172 valence electrons. The minimum absolute atomic E-state index is 0.139. The van der Waals surface area contributed by atoms with Gasteiger partial charge in [0.25, 0.3) is 5.56 Å². The van der Waals surface area contributed by atoms with E-state index in [2.05, 4.69) is 58.8 Å². The van der Waals surface area contributed by atoms with Crippen molar-refractivity contribution in [2.24, 2.45) is 5.10 Å². The van der Waals surface area contributed by atoms with Crippen LogP contribution in [-0.4, -0.2) is 22.5 Å². The minimum Gasteiger partial charge on any atom is -0.479 e. The smallest absolute Gasteiger partial charge is 0.282 e. The van der Waals surface area contributed by atoms with Crippen LogP contribution in [0.15, 0.2) is 88.4 Å². The third-order valence-corrected chi connectivity index (χ3v) is 6.77. The largest absolute Gasteiger partial charge is 0.479 e. The molecule has 0 aliphatic heterocycles. The van der Waals surface area contributed by atoms with Crippen LogP contribution in [0, 0.1) is 12.3 Å². The highest BCUT2D eigenvalue weighted by Gasteiger charge is 2.17. The highest BCUT2D eigenvalue weighted by atomic mass is 79.9. The van der Waals surface area contributed by atoms with E-state index < -0.39 is 0 Å². The van der Waals surface area contributed by atoms with E-state index in [-0.39, 0.29) is 12.2 Å². The summed E-state index contributed by atoms with van der Waals surface area (Å²) in [4.78, 5) is 18.1. The van der Waals surface area contributed by atoms with Gasteiger partial charge in [0.15, 0.2) is 5.76 Å². The molecule has 6 nitrogen and oxygen atoms in total. The van der Waals surface area contributed by atoms with E-state index in [1.165, 1.54) is 4.68 Å². The molecule has 0 bridgehead atoms. The minimum atomic E-state index is -0.310. The Labute approximate surface area is 225 Å². The Hall–Kier alpha value is -3.19. The number of ether oxygens (including phenoxy) is 1. The first-order valence-electron chi connectivity index (χ1n) is 10.3. The molecule has 5 aromatic rings. The van der Waals surface area contributed by atoms with Crippen molar-refractivity contribution in [2.75, 3.05) is 6.61 Å². The maximum atomic E-state index is 13.4. The van der Waals surface area contributed by atoms with Crippen molar-refractivity contribution in [3.05, 3.63) is 90.0 Å². The number of para-hydroxylation sites is 1. The van der Waals surface area contributed by atoms with Crippen molar-refractivity contribution in [3.63, 3.8) is 0 Å². The highest BCUT2D eigenvalue weighted by molar-refractivity contribution is 9.11. The molecule has 0 saturated carbocycles. The van der Waals surface area contributed by atoms with E-state index in [9.17, 15) is 4.79 Å². The zero-order chi connectivity index (χ0) is 24.5. The zero-order valence-corrected chi connectivity index (χ0v) is 22.6. The van der Waals surface area contributed by atoms with Crippen LogP contribution >= 0.6 is 47.8 Å². The van der Waals surface area contributed by atoms with E-state index in [1.54, 1.807) is 24.4 Å². The fourth-order valence-corrected chi connectivity index (χ4v) is 5.37. The topological polar surface area (TPSA) is 69.6 Å². The third-order valence-electron chi connectivity index (χ3n) is 5.10. The zero-order valence-electron chi connectivity index (χ0n) is 17.8. The molecule has 2 heterocycles. The number of terminal acetylenes is 1. The lowest BCUT2D eigenvalue weighted by Gasteiger charge is -2.09. The van der Waals surface area contributed by atoms with Gasteiger partial charge in [-0.25, -0.2) is 4.98 Å². The van der Waals surface area contributed by atoms with Gasteiger partial charge in [-0.3, -0.25) is 4.79 Å². The van der Waals surface area contributed by atoms with Gasteiger partial charge in [-0.15, -0.1) is 6.42 Å².